The average Bonchev–Trinajstić information content (AvgIpc) is 3.11. The lowest BCUT2D eigenvalue weighted by atomic mass is 10.0. The van der Waals surface area contributed by atoms with Crippen molar-refractivity contribution in [1.29, 1.82) is 0 Å². The van der Waals surface area contributed by atoms with Crippen LogP contribution in [0.4, 0.5) is 8.78 Å². The number of aromatic nitrogens is 2. The van der Waals surface area contributed by atoms with Gasteiger partial charge in [-0.1, -0.05) is 6.07 Å². The molecule has 0 radical (unpaired) electrons. The van der Waals surface area contributed by atoms with Gasteiger partial charge in [0.2, 0.25) is 0 Å². The zero-order valence-electron chi connectivity index (χ0n) is 15.5. The van der Waals surface area contributed by atoms with Crippen molar-refractivity contribution in [3.8, 4) is 22.6 Å². The maximum Gasteiger partial charge on any atom is 0.131 e. The molecule has 3 aromatic carbocycles. The highest BCUT2D eigenvalue weighted by molar-refractivity contribution is 5.79. The van der Waals surface area contributed by atoms with E-state index in [1.54, 1.807) is 18.5 Å². The van der Waals surface area contributed by atoms with Crippen LogP contribution in [-0.4, -0.2) is 16.7 Å². The summed E-state index contributed by atoms with van der Waals surface area (Å²) in [5.74, 6) is -0.525. The third-order valence-corrected chi connectivity index (χ3v) is 4.78. The molecule has 1 aromatic heterocycles. The van der Waals surface area contributed by atoms with Gasteiger partial charge in [-0.05, 0) is 61.0 Å². The van der Waals surface area contributed by atoms with Crippen LogP contribution in [0.15, 0.2) is 60.9 Å². The number of nitrogens with zero attached hydrogens (tertiary/aromatic N) is 2. The second kappa shape index (κ2) is 7.05. The molecular weight excluding hydrogens is 360 g/mol. The van der Waals surface area contributed by atoms with E-state index in [0.29, 0.717) is 17.0 Å². The molecule has 2 N–H and O–H groups in total. The first kappa shape index (κ1) is 18.1. The van der Waals surface area contributed by atoms with Crippen LogP contribution in [-0.2, 0) is 0 Å². The number of imidazole rings is 1. The lowest BCUT2D eigenvalue weighted by Gasteiger charge is -2.12. The molecule has 4 aromatic rings. The Hall–Kier alpha value is -3.25. The maximum absolute atomic E-state index is 14.6. The minimum Gasteiger partial charge on any atom is -0.496 e. The third-order valence-electron chi connectivity index (χ3n) is 4.78. The molecule has 0 spiro atoms. The van der Waals surface area contributed by atoms with Gasteiger partial charge in [-0.2, -0.15) is 0 Å². The molecule has 0 fully saturated rings. The number of hydrogen-bond acceptors (Lipinski definition) is 3. The lowest BCUT2D eigenvalue weighted by Crippen LogP contribution is -2.04. The number of rotatable bonds is 4. The largest absolute Gasteiger partial charge is 0.496 e. The Morgan fingerprint density at radius 1 is 1.00 bits per heavy atom. The lowest BCUT2D eigenvalue weighted by molar-refractivity contribution is 0.415. The fourth-order valence-corrected chi connectivity index (χ4v) is 3.28. The van der Waals surface area contributed by atoms with Crippen LogP contribution in [0, 0.1) is 11.6 Å². The van der Waals surface area contributed by atoms with Crippen molar-refractivity contribution in [2.24, 2.45) is 5.73 Å². The normalized spacial score (nSPS) is 12.3. The maximum atomic E-state index is 14.6. The number of fused-ring (bicyclic) bond motifs is 1. The molecule has 1 atom stereocenters. The Balaban J connectivity index is 1.86. The van der Waals surface area contributed by atoms with E-state index < -0.39 is 11.6 Å². The summed E-state index contributed by atoms with van der Waals surface area (Å²) in [7, 11) is 1.47. The Morgan fingerprint density at radius 2 is 1.82 bits per heavy atom. The first-order chi connectivity index (χ1) is 13.5. The van der Waals surface area contributed by atoms with Gasteiger partial charge in [0, 0.05) is 22.9 Å². The predicted octanol–water partition coefficient (Wildman–Crippen LogP) is 5.00. The summed E-state index contributed by atoms with van der Waals surface area (Å²) >= 11 is 0. The molecule has 0 aliphatic rings. The first-order valence-corrected chi connectivity index (χ1v) is 8.84. The van der Waals surface area contributed by atoms with Gasteiger partial charge in [-0.3, -0.25) is 4.57 Å². The smallest absolute Gasteiger partial charge is 0.131 e. The summed E-state index contributed by atoms with van der Waals surface area (Å²) in [5.41, 5.74) is 9.91. The Morgan fingerprint density at radius 3 is 2.57 bits per heavy atom. The molecule has 28 heavy (non-hydrogen) atoms. The predicted molar refractivity (Wildman–Crippen MR) is 106 cm³/mol. The Kier molecular flexibility index (Phi) is 4.57. The van der Waals surface area contributed by atoms with E-state index in [1.165, 1.54) is 31.4 Å². The fraction of sp³-hybridized carbons (Fsp3) is 0.136. The van der Waals surface area contributed by atoms with Crippen LogP contribution in [0.2, 0.25) is 0 Å². The summed E-state index contributed by atoms with van der Waals surface area (Å²) in [6, 6.07) is 14.4. The zero-order valence-corrected chi connectivity index (χ0v) is 15.5. The van der Waals surface area contributed by atoms with E-state index >= 15 is 0 Å². The summed E-state index contributed by atoms with van der Waals surface area (Å²) in [4.78, 5) is 4.44. The summed E-state index contributed by atoms with van der Waals surface area (Å²) in [6.07, 6.45) is 1.68. The van der Waals surface area contributed by atoms with Crippen molar-refractivity contribution in [3.05, 3.63) is 78.1 Å². The highest BCUT2D eigenvalue weighted by Gasteiger charge is 2.15. The van der Waals surface area contributed by atoms with Gasteiger partial charge in [0.25, 0.3) is 0 Å². The van der Waals surface area contributed by atoms with E-state index in [0.717, 1.165) is 16.6 Å². The monoisotopic (exact) mass is 379 g/mol. The SMILES string of the molecule is COc1ccc(F)cc1-c1cc(-n2cnc3cc([C@H](C)N)ccc32)ccc1F. The summed E-state index contributed by atoms with van der Waals surface area (Å²) < 4.78 is 35.5. The number of halogens is 2. The molecule has 0 unspecified atom stereocenters. The quantitative estimate of drug-likeness (QED) is 0.543. The highest BCUT2D eigenvalue weighted by Crippen LogP contribution is 2.34. The number of benzene rings is 3. The number of ether oxygens (including phenoxy) is 1. The highest BCUT2D eigenvalue weighted by atomic mass is 19.1. The minimum atomic E-state index is -0.462. The molecule has 0 amide bonds. The van der Waals surface area contributed by atoms with Crippen LogP contribution in [0.5, 0.6) is 5.75 Å². The van der Waals surface area contributed by atoms with E-state index in [9.17, 15) is 8.78 Å². The van der Waals surface area contributed by atoms with Gasteiger partial charge >= 0.3 is 0 Å². The molecule has 142 valence electrons. The van der Waals surface area contributed by atoms with Crippen LogP contribution in [0.3, 0.4) is 0 Å². The molecule has 0 bridgehead atoms. The van der Waals surface area contributed by atoms with Crippen molar-refractivity contribution in [3.63, 3.8) is 0 Å². The van der Waals surface area contributed by atoms with Gasteiger partial charge in [-0.25, -0.2) is 13.8 Å². The molecule has 0 aliphatic carbocycles. The van der Waals surface area contributed by atoms with Gasteiger partial charge in [0.15, 0.2) is 0 Å². The number of hydrogen-bond donors (Lipinski definition) is 1. The second-order valence-corrected chi connectivity index (χ2v) is 6.66. The standard InChI is InChI=1S/C22H19F2N3O/c1-13(25)14-3-7-21-20(9-14)26-12-27(21)16-5-6-19(24)17(11-16)18-10-15(23)4-8-22(18)28-2/h3-13H,25H2,1-2H3/t13-/m0/s1. The molecular formula is C22H19F2N3O. The van der Waals surface area contributed by atoms with Crippen molar-refractivity contribution >= 4 is 11.0 Å². The van der Waals surface area contributed by atoms with E-state index in [4.69, 9.17) is 10.5 Å². The van der Waals surface area contributed by atoms with Gasteiger partial charge < -0.3 is 10.5 Å². The number of methoxy groups -OCH3 is 1. The van der Waals surface area contributed by atoms with E-state index in [-0.39, 0.29) is 11.6 Å². The average molecular weight is 379 g/mol. The van der Waals surface area contributed by atoms with Crippen molar-refractivity contribution < 1.29 is 13.5 Å². The molecule has 0 saturated carbocycles. The Labute approximate surface area is 161 Å². The van der Waals surface area contributed by atoms with Gasteiger partial charge in [-0.15, -0.1) is 0 Å². The molecule has 4 rings (SSSR count). The molecule has 6 heteroatoms. The third kappa shape index (κ3) is 3.12. The first-order valence-electron chi connectivity index (χ1n) is 8.84. The summed E-state index contributed by atoms with van der Waals surface area (Å²) in [5, 5.41) is 0. The summed E-state index contributed by atoms with van der Waals surface area (Å²) in [6.45, 7) is 1.91. The molecule has 4 nitrogen and oxygen atoms in total. The second-order valence-electron chi connectivity index (χ2n) is 6.66. The minimum absolute atomic E-state index is 0.0904. The molecule has 0 aliphatic heterocycles. The van der Waals surface area contributed by atoms with Crippen LogP contribution in [0.25, 0.3) is 27.8 Å². The van der Waals surface area contributed by atoms with Crippen LogP contribution < -0.4 is 10.5 Å². The molecule has 0 saturated heterocycles. The fourth-order valence-electron chi connectivity index (χ4n) is 3.28. The zero-order chi connectivity index (χ0) is 19.8. The van der Waals surface area contributed by atoms with Crippen LogP contribution >= 0.6 is 0 Å². The topological polar surface area (TPSA) is 53.1 Å². The van der Waals surface area contributed by atoms with E-state index in [1.807, 2.05) is 29.7 Å². The Bertz CT molecular complexity index is 1170. The van der Waals surface area contributed by atoms with Crippen LogP contribution in [0.1, 0.15) is 18.5 Å². The van der Waals surface area contributed by atoms with Gasteiger partial charge in [0.05, 0.1) is 18.1 Å². The van der Waals surface area contributed by atoms with Crippen molar-refractivity contribution in [1.82, 2.24) is 9.55 Å². The van der Waals surface area contributed by atoms with Gasteiger partial charge in [0.1, 0.15) is 23.7 Å². The van der Waals surface area contributed by atoms with Crippen molar-refractivity contribution in [2.45, 2.75) is 13.0 Å². The molecule has 1 heterocycles. The number of nitrogens with two attached hydrogens (primary N) is 1. The van der Waals surface area contributed by atoms with Crippen molar-refractivity contribution in [2.75, 3.05) is 7.11 Å². The van der Waals surface area contributed by atoms with E-state index in [2.05, 4.69) is 4.98 Å².